The van der Waals surface area contributed by atoms with E-state index in [4.69, 9.17) is 4.74 Å². The van der Waals surface area contributed by atoms with Gasteiger partial charge in [0.25, 0.3) is 0 Å². The molecule has 1 fully saturated rings. The van der Waals surface area contributed by atoms with Gasteiger partial charge in [0.1, 0.15) is 18.2 Å². The quantitative estimate of drug-likeness (QED) is 0.592. The minimum Gasteiger partial charge on any atom is -0.491 e. The van der Waals surface area contributed by atoms with Gasteiger partial charge in [-0.15, -0.1) is 0 Å². The Morgan fingerprint density at radius 1 is 1.00 bits per heavy atom. The molecule has 3 aromatic carbocycles. The van der Waals surface area contributed by atoms with Crippen molar-refractivity contribution in [1.29, 1.82) is 0 Å². The van der Waals surface area contributed by atoms with Crippen molar-refractivity contribution >= 4 is 16.7 Å². The summed E-state index contributed by atoms with van der Waals surface area (Å²) in [5.41, 5.74) is 0.714. The number of hydrogen-bond acceptors (Lipinski definition) is 3. The summed E-state index contributed by atoms with van der Waals surface area (Å²) in [6, 6.07) is 21.0. The maximum absolute atomic E-state index is 13.8. The van der Waals surface area contributed by atoms with Crippen LogP contribution in [-0.4, -0.2) is 37.0 Å². The third-order valence-electron chi connectivity index (χ3n) is 5.72. The molecule has 156 valence electrons. The number of halogens is 1. The van der Waals surface area contributed by atoms with Gasteiger partial charge in [-0.3, -0.25) is 9.69 Å². The van der Waals surface area contributed by atoms with Crippen LogP contribution in [0, 0.1) is 11.7 Å². The SMILES string of the molecule is O=C(NCCOc1cccc2ccccc12)C1CCN(Cc2ccccc2F)CC1. The fourth-order valence-electron chi connectivity index (χ4n) is 4.02. The molecular weight excluding hydrogens is 379 g/mol. The number of ether oxygens (including phenoxy) is 1. The molecule has 30 heavy (non-hydrogen) atoms. The Kier molecular flexibility index (Phi) is 6.60. The van der Waals surface area contributed by atoms with Gasteiger partial charge in [0.15, 0.2) is 0 Å². The van der Waals surface area contributed by atoms with E-state index in [2.05, 4.69) is 22.3 Å². The van der Waals surface area contributed by atoms with E-state index in [1.54, 1.807) is 6.07 Å². The minimum absolute atomic E-state index is 0.0134. The molecule has 5 heteroatoms. The molecule has 0 spiro atoms. The highest BCUT2D eigenvalue weighted by atomic mass is 19.1. The molecule has 4 rings (SSSR count). The normalized spacial score (nSPS) is 15.2. The maximum Gasteiger partial charge on any atom is 0.223 e. The smallest absolute Gasteiger partial charge is 0.223 e. The lowest BCUT2D eigenvalue weighted by Crippen LogP contribution is -2.41. The molecule has 0 saturated carbocycles. The molecule has 1 aliphatic heterocycles. The lowest BCUT2D eigenvalue weighted by atomic mass is 9.95. The Bertz CT molecular complexity index is 994. The van der Waals surface area contributed by atoms with Crippen molar-refractivity contribution in [2.75, 3.05) is 26.2 Å². The van der Waals surface area contributed by atoms with Crippen LogP contribution < -0.4 is 10.1 Å². The number of carbonyl (C=O) groups excluding carboxylic acids is 1. The first-order chi connectivity index (χ1) is 14.7. The van der Waals surface area contributed by atoms with E-state index in [-0.39, 0.29) is 17.6 Å². The lowest BCUT2D eigenvalue weighted by molar-refractivity contribution is -0.126. The molecule has 0 bridgehead atoms. The number of carbonyl (C=O) groups is 1. The second-order valence-corrected chi connectivity index (χ2v) is 7.76. The van der Waals surface area contributed by atoms with E-state index >= 15 is 0 Å². The molecule has 0 aromatic heterocycles. The summed E-state index contributed by atoms with van der Waals surface area (Å²) < 4.78 is 19.7. The topological polar surface area (TPSA) is 41.6 Å². The molecule has 1 N–H and O–H groups in total. The van der Waals surface area contributed by atoms with Crippen molar-refractivity contribution < 1.29 is 13.9 Å². The summed E-state index contributed by atoms with van der Waals surface area (Å²) in [6.07, 6.45) is 1.59. The van der Waals surface area contributed by atoms with E-state index in [1.807, 2.05) is 42.5 Å². The summed E-state index contributed by atoms with van der Waals surface area (Å²) in [6.45, 7) is 3.13. The zero-order valence-corrected chi connectivity index (χ0v) is 17.0. The number of hydrogen-bond donors (Lipinski definition) is 1. The molecule has 1 heterocycles. The largest absolute Gasteiger partial charge is 0.491 e. The fourth-order valence-corrected chi connectivity index (χ4v) is 4.02. The van der Waals surface area contributed by atoms with E-state index in [0.29, 0.717) is 25.3 Å². The van der Waals surface area contributed by atoms with Crippen LogP contribution in [0.1, 0.15) is 18.4 Å². The molecular formula is C25H27FN2O2. The van der Waals surface area contributed by atoms with Gasteiger partial charge in [0.05, 0.1) is 6.54 Å². The number of nitrogens with one attached hydrogen (secondary N) is 1. The second-order valence-electron chi connectivity index (χ2n) is 7.76. The Balaban J connectivity index is 1.19. The van der Waals surface area contributed by atoms with E-state index in [0.717, 1.165) is 42.5 Å². The number of nitrogens with zero attached hydrogens (tertiary/aromatic N) is 1. The molecule has 0 aliphatic carbocycles. The Hall–Kier alpha value is -2.92. The Morgan fingerprint density at radius 3 is 2.57 bits per heavy atom. The number of benzene rings is 3. The number of amides is 1. The van der Waals surface area contributed by atoms with E-state index in [9.17, 15) is 9.18 Å². The monoisotopic (exact) mass is 406 g/mol. The first-order valence-electron chi connectivity index (χ1n) is 10.5. The van der Waals surface area contributed by atoms with Crippen LogP contribution in [0.15, 0.2) is 66.7 Å². The number of likely N-dealkylation sites (tertiary alicyclic amines) is 1. The van der Waals surface area contributed by atoms with E-state index < -0.39 is 0 Å². The third kappa shape index (κ3) is 4.97. The molecule has 1 amide bonds. The van der Waals surface area contributed by atoms with Gasteiger partial charge in [-0.1, -0.05) is 54.6 Å². The molecule has 4 nitrogen and oxygen atoms in total. The lowest BCUT2D eigenvalue weighted by Gasteiger charge is -2.31. The van der Waals surface area contributed by atoms with Crippen molar-refractivity contribution in [2.24, 2.45) is 5.92 Å². The van der Waals surface area contributed by atoms with Gasteiger partial charge in [0.2, 0.25) is 5.91 Å². The van der Waals surface area contributed by atoms with Crippen LogP contribution in [0.5, 0.6) is 5.75 Å². The van der Waals surface area contributed by atoms with Gasteiger partial charge in [-0.2, -0.15) is 0 Å². The highest BCUT2D eigenvalue weighted by Crippen LogP contribution is 2.25. The van der Waals surface area contributed by atoms with Crippen LogP contribution in [-0.2, 0) is 11.3 Å². The summed E-state index contributed by atoms with van der Waals surface area (Å²) >= 11 is 0. The van der Waals surface area contributed by atoms with E-state index in [1.165, 1.54) is 6.07 Å². The van der Waals surface area contributed by atoms with Crippen LogP contribution in [0.3, 0.4) is 0 Å². The predicted molar refractivity (Wildman–Crippen MR) is 117 cm³/mol. The number of piperidine rings is 1. The van der Waals surface area contributed by atoms with Gasteiger partial charge < -0.3 is 10.1 Å². The van der Waals surface area contributed by atoms with Crippen molar-refractivity contribution in [2.45, 2.75) is 19.4 Å². The fraction of sp³-hybridized carbons (Fsp3) is 0.320. The zero-order valence-electron chi connectivity index (χ0n) is 17.0. The molecule has 1 saturated heterocycles. The second kappa shape index (κ2) is 9.72. The minimum atomic E-state index is -0.163. The molecule has 0 unspecified atom stereocenters. The Labute approximate surface area is 176 Å². The molecule has 0 radical (unpaired) electrons. The predicted octanol–water partition coefficient (Wildman–Crippen LogP) is 4.39. The van der Waals surface area contributed by atoms with Gasteiger partial charge in [0, 0.05) is 23.4 Å². The third-order valence-corrected chi connectivity index (χ3v) is 5.72. The number of rotatable bonds is 7. The summed E-state index contributed by atoms with van der Waals surface area (Å²) in [5.74, 6) is 0.772. The average Bonchev–Trinajstić information content (AvgIpc) is 2.79. The van der Waals surface area contributed by atoms with Crippen LogP contribution >= 0.6 is 0 Å². The van der Waals surface area contributed by atoms with Crippen molar-refractivity contribution in [3.63, 3.8) is 0 Å². The van der Waals surface area contributed by atoms with Gasteiger partial charge >= 0.3 is 0 Å². The highest BCUT2D eigenvalue weighted by molar-refractivity contribution is 5.88. The standard InChI is InChI=1S/C25H27FN2O2/c26-23-10-4-2-7-21(23)18-28-15-12-20(13-16-28)25(29)27-14-17-30-24-11-5-8-19-6-1-3-9-22(19)24/h1-11,20H,12-18H2,(H,27,29). The van der Waals surface area contributed by atoms with Crippen molar-refractivity contribution in [3.05, 3.63) is 78.1 Å². The summed E-state index contributed by atoms with van der Waals surface area (Å²) in [4.78, 5) is 14.7. The van der Waals surface area contributed by atoms with Gasteiger partial charge in [-0.25, -0.2) is 4.39 Å². The van der Waals surface area contributed by atoms with Gasteiger partial charge in [-0.05, 0) is 43.5 Å². The van der Waals surface area contributed by atoms with Crippen molar-refractivity contribution in [3.8, 4) is 5.75 Å². The van der Waals surface area contributed by atoms with Crippen LogP contribution in [0.25, 0.3) is 10.8 Å². The molecule has 1 aliphatic rings. The summed E-state index contributed by atoms with van der Waals surface area (Å²) in [5, 5.41) is 5.22. The molecule has 3 aromatic rings. The molecule has 0 atom stereocenters. The first-order valence-corrected chi connectivity index (χ1v) is 10.5. The maximum atomic E-state index is 13.8. The van der Waals surface area contributed by atoms with Crippen molar-refractivity contribution in [1.82, 2.24) is 10.2 Å². The zero-order chi connectivity index (χ0) is 20.8. The Morgan fingerprint density at radius 2 is 1.73 bits per heavy atom. The highest BCUT2D eigenvalue weighted by Gasteiger charge is 2.25. The number of fused-ring (bicyclic) bond motifs is 1. The summed E-state index contributed by atoms with van der Waals surface area (Å²) in [7, 11) is 0. The first kappa shape index (κ1) is 20.4. The van der Waals surface area contributed by atoms with Crippen LogP contribution in [0.2, 0.25) is 0 Å². The average molecular weight is 407 g/mol. The van der Waals surface area contributed by atoms with Crippen LogP contribution in [0.4, 0.5) is 4.39 Å².